The predicted octanol–water partition coefficient (Wildman–Crippen LogP) is 3.55. The number of carbonyl (C=O) groups excluding carboxylic acids is 1. The van der Waals surface area contributed by atoms with Gasteiger partial charge in [0.15, 0.2) is 0 Å². The molecule has 100 valence electrons. The Kier molecular flexibility index (Phi) is 3.39. The van der Waals surface area contributed by atoms with Gasteiger partial charge < -0.3 is 5.32 Å². The molecular weight excluding hydrogens is 274 g/mol. The molecule has 1 amide bonds. The maximum absolute atomic E-state index is 12.3. The molecule has 2 aromatic carbocycles. The SMILES string of the molecule is O=C(Nc1cccc2cn[nH]c12)c1cccc(CCl)c1. The number of fused-ring (bicyclic) bond motifs is 1. The van der Waals surface area contributed by atoms with Gasteiger partial charge in [-0.2, -0.15) is 5.10 Å². The van der Waals surface area contributed by atoms with Crippen LogP contribution in [-0.4, -0.2) is 16.1 Å². The number of hydrogen-bond donors (Lipinski definition) is 2. The zero-order valence-corrected chi connectivity index (χ0v) is 11.3. The third-order valence-corrected chi connectivity index (χ3v) is 3.38. The van der Waals surface area contributed by atoms with Gasteiger partial charge in [0.2, 0.25) is 0 Å². The normalized spacial score (nSPS) is 10.7. The van der Waals surface area contributed by atoms with E-state index in [1.165, 1.54) is 0 Å². The standard InChI is InChI=1S/C15H12ClN3O/c16-8-10-3-1-4-11(7-10)15(20)18-13-6-2-5-12-9-17-19-14(12)13/h1-7,9H,8H2,(H,17,19)(H,18,20). The second-order valence-electron chi connectivity index (χ2n) is 4.43. The number of hydrogen-bond acceptors (Lipinski definition) is 2. The lowest BCUT2D eigenvalue weighted by Gasteiger charge is -2.07. The van der Waals surface area contributed by atoms with Crippen LogP contribution in [0.1, 0.15) is 15.9 Å². The van der Waals surface area contributed by atoms with Crippen LogP contribution in [0.2, 0.25) is 0 Å². The number of alkyl halides is 1. The Morgan fingerprint density at radius 1 is 1.25 bits per heavy atom. The van der Waals surface area contributed by atoms with Crippen LogP contribution >= 0.6 is 11.6 Å². The molecule has 4 nitrogen and oxygen atoms in total. The highest BCUT2D eigenvalue weighted by Crippen LogP contribution is 2.21. The minimum absolute atomic E-state index is 0.168. The van der Waals surface area contributed by atoms with E-state index in [0.717, 1.165) is 16.5 Å². The van der Waals surface area contributed by atoms with Gasteiger partial charge in [-0.3, -0.25) is 9.89 Å². The van der Waals surface area contributed by atoms with Crippen LogP contribution < -0.4 is 5.32 Å². The van der Waals surface area contributed by atoms with Gasteiger partial charge in [-0.15, -0.1) is 11.6 Å². The highest BCUT2D eigenvalue weighted by molar-refractivity contribution is 6.17. The van der Waals surface area contributed by atoms with E-state index >= 15 is 0 Å². The highest BCUT2D eigenvalue weighted by Gasteiger charge is 2.09. The van der Waals surface area contributed by atoms with Crippen LogP contribution in [0, 0.1) is 0 Å². The summed E-state index contributed by atoms with van der Waals surface area (Å²) < 4.78 is 0. The maximum atomic E-state index is 12.3. The van der Waals surface area contributed by atoms with E-state index in [4.69, 9.17) is 11.6 Å². The van der Waals surface area contributed by atoms with E-state index in [1.807, 2.05) is 30.3 Å². The summed E-state index contributed by atoms with van der Waals surface area (Å²) in [5.74, 6) is 0.219. The number of nitrogens with one attached hydrogen (secondary N) is 2. The summed E-state index contributed by atoms with van der Waals surface area (Å²) in [6, 6.07) is 12.9. The van der Waals surface area contributed by atoms with Crippen molar-refractivity contribution in [2.24, 2.45) is 0 Å². The Labute approximate surface area is 120 Å². The zero-order chi connectivity index (χ0) is 13.9. The van der Waals surface area contributed by atoms with Gasteiger partial charge in [-0.25, -0.2) is 0 Å². The molecule has 0 atom stereocenters. The summed E-state index contributed by atoms with van der Waals surface area (Å²) in [5, 5.41) is 10.7. The number of carbonyl (C=O) groups is 1. The van der Waals surface area contributed by atoms with Crippen molar-refractivity contribution in [2.45, 2.75) is 5.88 Å². The molecule has 0 aliphatic carbocycles. The van der Waals surface area contributed by atoms with Gasteiger partial charge in [-0.05, 0) is 23.8 Å². The van der Waals surface area contributed by atoms with E-state index in [-0.39, 0.29) is 5.91 Å². The Bertz CT molecular complexity index is 766. The molecule has 0 radical (unpaired) electrons. The molecule has 0 aliphatic rings. The lowest BCUT2D eigenvalue weighted by atomic mass is 10.1. The van der Waals surface area contributed by atoms with Crippen molar-refractivity contribution < 1.29 is 4.79 Å². The molecule has 1 aromatic heterocycles. The number of anilines is 1. The van der Waals surface area contributed by atoms with Crippen molar-refractivity contribution in [1.29, 1.82) is 0 Å². The predicted molar refractivity (Wildman–Crippen MR) is 80.0 cm³/mol. The number of H-pyrrole nitrogens is 1. The largest absolute Gasteiger partial charge is 0.320 e. The number of rotatable bonds is 3. The molecule has 1 heterocycles. The average molecular weight is 286 g/mol. The number of nitrogens with zero attached hydrogens (tertiary/aromatic N) is 1. The molecule has 3 rings (SSSR count). The first-order chi connectivity index (χ1) is 9.78. The van der Waals surface area contributed by atoms with Gasteiger partial charge in [0, 0.05) is 16.8 Å². The monoisotopic (exact) mass is 285 g/mol. The molecular formula is C15H12ClN3O. The van der Waals surface area contributed by atoms with Crippen molar-refractivity contribution >= 4 is 34.1 Å². The van der Waals surface area contributed by atoms with Crippen LogP contribution in [0.5, 0.6) is 0 Å². The van der Waals surface area contributed by atoms with Crippen LogP contribution in [0.15, 0.2) is 48.7 Å². The Hall–Kier alpha value is -2.33. The van der Waals surface area contributed by atoms with Crippen LogP contribution in [0.4, 0.5) is 5.69 Å². The fourth-order valence-corrected chi connectivity index (χ4v) is 2.23. The lowest BCUT2D eigenvalue weighted by molar-refractivity contribution is 0.102. The molecule has 0 unspecified atom stereocenters. The van der Waals surface area contributed by atoms with E-state index in [0.29, 0.717) is 17.1 Å². The molecule has 0 saturated carbocycles. The zero-order valence-electron chi connectivity index (χ0n) is 10.6. The van der Waals surface area contributed by atoms with Crippen molar-refractivity contribution in [3.05, 3.63) is 59.8 Å². The van der Waals surface area contributed by atoms with Crippen LogP contribution in [-0.2, 0) is 5.88 Å². The Morgan fingerprint density at radius 2 is 2.10 bits per heavy atom. The molecule has 0 aliphatic heterocycles. The van der Waals surface area contributed by atoms with Crippen molar-refractivity contribution in [1.82, 2.24) is 10.2 Å². The Balaban J connectivity index is 1.90. The van der Waals surface area contributed by atoms with E-state index < -0.39 is 0 Å². The van der Waals surface area contributed by atoms with Gasteiger partial charge in [0.05, 0.1) is 17.4 Å². The number of aromatic amines is 1. The van der Waals surface area contributed by atoms with Gasteiger partial charge in [-0.1, -0.05) is 24.3 Å². The fraction of sp³-hybridized carbons (Fsp3) is 0.0667. The maximum Gasteiger partial charge on any atom is 0.255 e. The minimum Gasteiger partial charge on any atom is -0.320 e. The summed E-state index contributed by atoms with van der Waals surface area (Å²) >= 11 is 5.78. The van der Waals surface area contributed by atoms with E-state index in [1.54, 1.807) is 18.3 Å². The summed E-state index contributed by atoms with van der Waals surface area (Å²) in [4.78, 5) is 12.3. The van der Waals surface area contributed by atoms with Crippen molar-refractivity contribution in [3.8, 4) is 0 Å². The Morgan fingerprint density at radius 3 is 2.95 bits per heavy atom. The molecule has 5 heteroatoms. The third-order valence-electron chi connectivity index (χ3n) is 3.07. The minimum atomic E-state index is -0.168. The number of amides is 1. The van der Waals surface area contributed by atoms with Gasteiger partial charge in [0.25, 0.3) is 5.91 Å². The third kappa shape index (κ3) is 2.38. The first-order valence-electron chi connectivity index (χ1n) is 6.16. The number of benzene rings is 2. The topological polar surface area (TPSA) is 57.8 Å². The smallest absolute Gasteiger partial charge is 0.255 e. The molecule has 0 saturated heterocycles. The first-order valence-corrected chi connectivity index (χ1v) is 6.70. The first kappa shape index (κ1) is 12.7. The average Bonchev–Trinajstić information content (AvgIpc) is 2.97. The number of halogens is 1. The van der Waals surface area contributed by atoms with Crippen LogP contribution in [0.3, 0.4) is 0 Å². The van der Waals surface area contributed by atoms with Gasteiger partial charge in [0.1, 0.15) is 0 Å². The van der Waals surface area contributed by atoms with Crippen molar-refractivity contribution in [2.75, 3.05) is 5.32 Å². The van der Waals surface area contributed by atoms with E-state index in [2.05, 4.69) is 15.5 Å². The lowest BCUT2D eigenvalue weighted by Crippen LogP contribution is -2.12. The fourth-order valence-electron chi connectivity index (χ4n) is 2.06. The molecule has 3 aromatic rings. The molecule has 0 spiro atoms. The molecule has 20 heavy (non-hydrogen) atoms. The highest BCUT2D eigenvalue weighted by atomic mass is 35.5. The van der Waals surface area contributed by atoms with Crippen LogP contribution in [0.25, 0.3) is 10.9 Å². The summed E-state index contributed by atoms with van der Waals surface area (Å²) in [7, 11) is 0. The van der Waals surface area contributed by atoms with Crippen molar-refractivity contribution in [3.63, 3.8) is 0 Å². The summed E-state index contributed by atoms with van der Waals surface area (Å²) in [5.41, 5.74) is 3.02. The second kappa shape index (κ2) is 5.35. The summed E-state index contributed by atoms with van der Waals surface area (Å²) in [6.07, 6.45) is 1.72. The molecule has 0 bridgehead atoms. The quantitative estimate of drug-likeness (QED) is 0.723. The second-order valence-corrected chi connectivity index (χ2v) is 4.70. The number of para-hydroxylation sites is 1. The number of aromatic nitrogens is 2. The molecule has 2 N–H and O–H groups in total. The van der Waals surface area contributed by atoms with E-state index in [9.17, 15) is 4.79 Å². The van der Waals surface area contributed by atoms with Gasteiger partial charge >= 0.3 is 0 Å². The summed E-state index contributed by atoms with van der Waals surface area (Å²) in [6.45, 7) is 0. The molecule has 0 fully saturated rings.